The van der Waals surface area contributed by atoms with Crippen molar-refractivity contribution in [3.05, 3.63) is 0 Å². The van der Waals surface area contributed by atoms with Crippen LogP contribution < -0.4 is 16.0 Å². The minimum Gasteiger partial charge on any atom is -0.480 e. The molecule has 0 heterocycles. The first-order chi connectivity index (χ1) is 8.61. The number of rotatable bonds is 8. The minimum absolute atomic E-state index is 0.0247. The highest BCUT2D eigenvalue weighted by atomic mass is 16.4. The van der Waals surface area contributed by atoms with Crippen molar-refractivity contribution in [2.45, 2.75) is 58.7 Å². The summed E-state index contributed by atoms with van der Waals surface area (Å²) in [6, 6.07) is -0.694. The van der Waals surface area contributed by atoms with Gasteiger partial charge in [0.05, 0.1) is 0 Å². The molecule has 0 radical (unpaired) electrons. The number of aliphatic carboxylic acids is 1. The van der Waals surface area contributed by atoms with Crippen LogP contribution in [-0.4, -0.2) is 47.7 Å². The summed E-state index contributed by atoms with van der Waals surface area (Å²) in [6.45, 7) is 10.5. The first-order valence-corrected chi connectivity index (χ1v) is 6.62. The molecule has 0 aromatic rings. The maximum Gasteiger partial charge on any atom is 0.322 e. The van der Waals surface area contributed by atoms with Crippen LogP contribution in [0.3, 0.4) is 0 Å². The first kappa shape index (κ1) is 17.9. The molecular weight excluding hydrogens is 246 g/mol. The van der Waals surface area contributed by atoms with E-state index in [0.717, 1.165) is 0 Å². The average molecular weight is 273 g/mol. The number of carbonyl (C=O) groups is 2. The Morgan fingerprint density at radius 3 is 2.21 bits per heavy atom. The van der Waals surface area contributed by atoms with Gasteiger partial charge in [0.2, 0.25) is 5.91 Å². The Balaban J connectivity index is 3.95. The van der Waals surface area contributed by atoms with Crippen LogP contribution in [-0.2, 0) is 9.59 Å². The molecule has 19 heavy (non-hydrogen) atoms. The summed E-state index contributed by atoms with van der Waals surface area (Å²) >= 11 is 0. The summed E-state index contributed by atoms with van der Waals surface area (Å²) in [5.41, 5.74) is -0.0247. The largest absolute Gasteiger partial charge is 0.480 e. The van der Waals surface area contributed by atoms with Crippen molar-refractivity contribution in [1.29, 1.82) is 0 Å². The lowest BCUT2D eigenvalue weighted by Crippen LogP contribution is -2.49. The number of carboxylic acid groups (broad SMARTS) is 1. The second kappa shape index (κ2) is 8.12. The topological polar surface area (TPSA) is 90.5 Å². The van der Waals surface area contributed by atoms with Gasteiger partial charge in [0.25, 0.3) is 0 Å². The first-order valence-electron chi connectivity index (χ1n) is 6.62. The molecule has 0 rings (SSSR count). The fourth-order valence-electron chi connectivity index (χ4n) is 1.48. The molecule has 0 aliphatic heterocycles. The molecule has 0 fully saturated rings. The third-order valence-corrected chi connectivity index (χ3v) is 2.34. The third kappa shape index (κ3) is 10.5. The van der Waals surface area contributed by atoms with Gasteiger partial charge in [-0.25, -0.2) is 0 Å². The van der Waals surface area contributed by atoms with Crippen LogP contribution in [0.5, 0.6) is 0 Å². The van der Waals surface area contributed by atoms with E-state index in [4.69, 9.17) is 5.11 Å². The molecule has 1 amide bonds. The molecule has 0 bridgehead atoms. The molecule has 6 nitrogen and oxygen atoms in total. The molecule has 0 aliphatic rings. The standard InChI is InChI=1S/C13H27N3O3/c1-9(2)16-10(12(18)19)8-14-11(17)6-7-15-13(3,4)5/h9-10,15-16H,6-8H2,1-5H3,(H,14,17)(H,18,19)/t10-/m1/s1. The highest BCUT2D eigenvalue weighted by molar-refractivity contribution is 5.78. The van der Waals surface area contributed by atoms with Crippen molar-refractivity contribution in [3.8, 4) is 0 Å². The average Bonchev–Trinajstić information content (AvgIpc) is 2.21. The third-order valence-electron chi connectivity index (χ3n) is 2.34. The highest BCUT2D eigenvalue weighted by Crippen LogP contribution is 1.97. The van der Waals surface area contributed by atoms with Gasteiger partial charge in [0.1, 0.15) is 6.04 Å². The Hall–Kier alpha value is -1.14. The van der Waals surface area contributed by atoms with E-state index in [-0.39, 0.29) is 24.0 Å². The molecule has 1 atom stereocenters. The Morgan fingerprint density at radius 1 is 1.21 bits per heavy atom. The lowest BCUT2D eigenvalue weighted by molar-refractivity contribution is -0.139. The van der Waals surface area contributed by atoms with Crippen molar-refractivity contribution in [2.75, 3.05) is 13.1 Å². The Kier molecular flexibility index (Phi) is 7.63. The van der Waals surface area contributed by atoms with Gasteiger partial charge in [-0.2, -0.15) is 0 Å². The predicted molar refractivity (Wildman–Crippen MR) is 75.1 cm³/mol. The maximum absolute atomic E-state index is 11.6. The number of nitrogens with one attached hydrogen (secondary N) is 3. The molecule has 0 unspecified atom stereocenters. The minimum atomic E-state index is -0.957. The van der Waals surface area contributed by atoms with Crippen molar-refractivity contribution in [2.24, 2.45) is 0 Å². The molecule has 0 aromatic carbocycles. The number of amides is 1. The van der Waals surface area contributed by atoms with Crippen LogP contribution in [0, 0.1) is 0 Å². The molecule has 0 aliphatic carbocycles. The molecule has 0 spiro atoms. The number of carbonyl (C=O) groups excluding carboxylic acids is 1. The molecule has 6 heteroatoms. The second-order valence-corrected chi connectivity index (χ2v) is 5.94. The fraction of sp³-hybridized carbons (Fsp3) is 0.846. The van der Waals surface area contributed by atoms with E-state index in [2.05, 4.69) is 16.0 Å². The summed E-state index contributed by atoms with van der Waals surface area (Å²) in [6.07, 6.45) is 0.339. The van der Waals surface area contributed by atoms with Crippen LogP contribution in [0.1, 0.15) is 41.0 Å². The lowest BCUT2D eigenvalue weighted by atomic mass is 10.1. The van der Waals surface area contributed by atoms with E-state index in [9.17, 15) is 9.59 Å². The van der Waals surface area contributed by atoms with E-state index in [1.165, 1.54) is 0 Å². The van der Waals surface area contributed by atoms with Crippen LogP contribution >= 0.6 is 0 Å². The monoisotopic (exact) mass is 273 g/mol. The quantitative estimate of drug-likeness (QED) is 0.512. The van der Waals surface area contributed by atoms with Crippen LogP contribution in [0.15, 0.2) is 0 Å². The summed E-state index contributed by atoms with van der Waals surface area (Å²) < 4.78 is 0. The van der Waals surface area contributed by atoms with Crippen LogP contribution in [0.2, 0.25) is 0 Å². The number of hydrogen-bond acceptors (Lipinski definition) is 4. The molecular formula is C13H27N3O3. The number of carboxylic acids is 1. The Labute approximate surface area is 115 Å². The highest BCUT2D eigenvalue weighted by Gasteiger charge is 2.18. The summed E-state index contributed by atoms with van der Waals surface area (Å²) in [5.74, 6) is -1.10. The van der Waals surface area contributed by atoms with Crippen molar-refractivity contribution in [1.82, 2.24) is 16.0 Å². The van der Waals surface area contributed by atoms with E-state index in [0.29, 0.717) is 13.0 Å². The summed E-state index contributed by atoms with van der Waals surface area (Å²) in [4.78, 5) is 22.5. The van der Waals surface area contributed by atoms with Gasteiger partial charge in [0, 0.05) is 31.1 Å². The van der Waals surface area contributed by atoms with Gasteiger partial charge in [-0.1, -0.05) is 13.8 Å². The lowest BCUT2D eigenvalue weighted by Gasteiger charge is -2.21. The maximum atomic E-state index is 11.6. The summed E-state index contributed by atoms with van der Waals surface area (Å²) in [7, 11) is 0. The van der Waals surface area contributed by atoms with Crippen LogP contribution in [0.25, 0.3) is 0 Å². The summed E-state index contributed by atoms with van der Waals surface area (Å²) in [5, 5.41) is 17.7. The van der Waals surface area contributed by atoms with E-state index in [1.807, 2.05) is 34.6 Å². The van der Waals surface area contributed by atoms with Gasteiger partial charge in [0.15, 0.2) is 0 Å². The Bertz CT molecular complexity index is 298. The number of hydrogen-bond donors (Lipinski definition) is 4. The van der Waals surface area contributed by atoms with Gasteiger partial charge in [-0.05, 0) is 20.8 Å². The van der Waals surface area contributed by atoms with Gasteiger partial charge >= 0.3 is 5.97 Å². The zero-order valence-corrected chi connectivity index (χ0v) is 12.5. The molecule has 112 valence electrons. The zero-order chi connectivity index (χ0) is 15.1. The van der Waals surface area contributed by atoms with Crippen molar-refractivity contribution in [3.63, 3.8) is 0 Å². The molecule has 0 saturated heterocycles. The molecule has 0 aromatic heterocycles. The van der Waals surface area contributed by atoms with Gasteiger partial charge in [-0.3, -0.25) is 9.59 Å². The van der Waals surface area contributed by atoms with Crippen molar-refractivity contribution < 1.29 is 14.7 Å². The van der Waals surface area contributed by atoms with Gasteiger partial charge < -0.3 is 21.1 Å². The molecule has 0 saturated carbocycles. The zero-order valence-electron chi connectivity index (χ0n) is 12.5. The Morgan fingerprint density at radius 2 is 1.79 bits per heavy atom. The van der Waals surface area contributed by atoms with Gasteiger partial charge in [-0.15, -0.1) is 0 Å². The second-order valence-electron chi connectivity index (χ2n) is 5.94. The van der Waals surface area contributed by atoms with E-state index < -0.39 is 12.0 Å². The normalized spacial score (nSPS) is 13.4. The van der Waals surface area contributed by atoms with Crippen LogP contribution in [0.4, 0.5) is 0 Å². The van der Waals surface area contributed by atoms with E-state index >= 15 is 0 Å². The molecule has 4 N–H and O–H groups in total. The van der Waals surface area contributed by atoms with E-state index in [1.54, 1.807) is 0 Å². The van der Waals surface area contributed by atoms with Crippen molar-refractivity contribution >= 4 is 11.9 Å². The predicted octanol–water partition coefficient (Wildman–Crippen LogP) is 0.332. The SMILES string of the molecule is CC(C)N[C@H](CNC(=O)CCNC(C)(C)C)C(=O)O. The smallest absolute Gasteiger partial charge is 0.322 e. The fourth-order valence-corrected chi connectivity index (χ4v) is 1.48.